The molecule has 2 fully saturated rings. The maximum atomic E-state index is 13.7. The largest absolute Gasteiger partial charge is 0.508 e. The smallest absolute Gasteiger partial charge is 0.143 e. The number of pyridine rings is 1. The van der Waals surface area contributed by atoms with Crippen LogP contribution in [0, 0.1) is 29.6 Å². The Morgan fingerprint density at radius 2 is 2.09 bits per heavy atom. The van der Waals surface area contributed by atoms with Crippen molar-refractivity contribution in [2.24, 2.45) is 22.7 Å². The molecule has 3 N–H and O–H groups in total. The first-order valence-electron chi connectivity index (χ1n) is 12.4. The highest BCUT2D eigenvalue weighted by Gasteiger charge is 2.64. The monoisotopic (exact) mass is 448 g/mol. The van der Waals surface area contributed by atoms with Gasteiger partial charge in [-0.15, -0.1) is 0 Å². The van der Waals surface area contributed by atoms with Crippen LogP contribution < -0.4 is 5.32 Å². The summed E-state index contributed by atoms with van der Waals surface area (Å²) in [5, 5.41) is 23.9. The fourth-order valence-electron chi connectivity index (χ4n) is 7.40. The molecule has 5 rings (SSSR count). The molecule has 176 valence electrons. The van der Waals surface area contributed by atoms with E-state index >= 15 is 0 Å². The van der Waals surface area contributed by atoms with Crippen molar-refractivity contribution in [3.05, 3.63) is 58.9 Å². The van der Waals surface area contributed by atoms with Crippen LogP contribution in [-0.4, -0.2) is 33.8 Å². The highest BCUT2D eigenvalue weighted by Crippen LogP contribution is 2.67. The summed E-state index contributed by atoms with van der Waals surface area (Å²) in [6.07, 6.45) is 8.16. The lowest BCUT2D eigenvalue weighted by atomic mass is 9.48. The van der Waals surface area contributed by atoms with Crippen LogP contribution in [0.3, 0.4) is 0 Å². The number of rotatable bonds is 5. The van der Waals surface area contributed by atoms with Crippen molar-refractivity contribution in [1.82, 2.24) is 10.3 Å². The van der Waals surface area contributed by atoms with Crippen molar-refractivity contribution in [2.75, 3.05) is 6.54 Å². The molecule has 0 spiro atoms. The van der Waals surface area contributed by atoms with Crippen molar-refractivity contribution < 1.29 is 15.0 Å². The third-order valence-electron chi connectivity index (χ3n) is 9.44. The number of aromatic hydroxyl groups is 1. The van der Waals surface area contributed by atoms with Gasteiger partial charge in [-0.2, -0.15) is 0 Å². The molecule has 0 saturated heterocycles. The van der Waals surface area contributed by atoms with E-state index in [4.69, 9.17) is 0 Å². The van der Waals surface area contributed by atoms with E-state index in [2.05, 4.69) is 30.2 Å². The summed E-state index contributed by atoms with van der Waals surface area (Å²) < 4.78 is 0. The number of hydrogen-bond donors (Lipinski definition) is 3. The summed E-state index contributed by atoms with van der Waals surface area (Å²) in [6, 6.07) is 7.99. The maximum absolute atomic E-state index is 13.7. The number of phenolic OH excluding ortho intramolecular Hbond substituents is 1. The predicted octanol–water partition coefficient (Wildman–Crippen LogP) is 4.29. The molecule has 0 aliphatic heterocycles. The molecule has 33 heavy (non-hydrogen) atoms. The number of Topliss-reactive ketones (excluding diaryl/α,β-unsaturated/α-hetero) is 1. The van der Waals surface area contributed by atoms with Gasteiger partial charge in [0.2, 0.25) is 0 Å². The second-order valence-electron chi connectivity index (χ2n) is 11.1. The van der Waals surface area contributed by atoms with Crippen LogP contribution in [0.25, 0.3) is 0 Å². The summed E-state index contributed by atoms with van der Waals surface area (Å²) in [7, 11) is 0. The Morgan fingerprint density at radius 3 is 2.85 bits per heavy atom. The third-order valence-corrected chi connectivity index (χ3v) is 9.44. The maximum Gasteiger partial charge on any atom is 0.143 e. The third kappa shape index (κ3) is 3.60. The number of aliphatic hydroxyl groups is 1. The molecule has 2 saturated carbocycles. The first-order valence-corrected chi connectivity index (χ1v) is 12.4. The van der Waals surface area contributed by atoms with E-state index < -0.39 is 6.23 Å². The number of benzene rings is 1. The van der Waals surface area contributed by atoms with Gasteiger partial charge in [-0.05, 0) is 90.7 Å². The molecule has 3 aliphatic carbocycles. The number of aryl methyl sites for hydroxylation is 2. The van der Waals surface area contributed by atoms with Crippen LogP contribution in [0.4, 0.5) is 0 Å². The standard InChI is InChI=1S/C28H36N2O3/c1-17-11-22-19(13-24(17)31)6-7-23-21(22)8-9-27(2)26(33)20(14-28(23,27)3)16-30-25(32)12-18-5-4-10-29-15-18/h4-5,10-11,13,15,20-21,23,25,30-32H,6-9,12,14,16H2,1-3H3. The normalized spacial score (nSPS) is 33.8. The molecule has 1 aromatic carbocycles. The van der Waals surface area contributed by atoms with Crippen molar-refractivity contribution >= 4 is 5.78 Å². The Labute approximate surface area is 196 Å². The minimum Gasteiger partial charge on any atom is -0.508 e. The number of ketones is 1. The number of nitrogens with zero attached hydrogens (tertiary/aromatic N) is 1. The number of hydrogen-bond acceptors (Lipinski definition) is 5. The summed E-state index contributed by atoms with van der Waals surface area (Å²) in [6.45, 7) is 7.05. The number of fused-ring (bicyclic) bond motifs is 5. The topological polar surface area (TPSA) is 82.5 Å². The molecule has 3 aliphatic rings. The predicted molar refractivity (Wildman–Crippen MR) is 128 cm³/mol. The summed E-state index contributed by atoms with van der Waals surface area (Å²) in [4.78, 5) is 17.8. The van der Waals surface area contributed by atoms with Gasteiger partial charge in [0.15, 0.2) is 0 Å². The molecule has 0 bridgehead atoms. The van der Waals surface area contributed by atoms with Gasteiger partial charge in [0, 0.05) is 36.7 Å². The SMILES string of the molecule is Cc1cc2c(cc1O)CCC1C2CCC2(C)C(=O)C(CNC(O)Cc3cccnc3)CC12C. The molecular weight excluding hydrogens is 412 g/mol. The lowest BCUT2D eigenvalue weighted by Crippen LogP contribution is -2.50. The van der Waals surface area contributed by atoms with Crippen LogP contribution in [0.5, 0.6) is 5.75 Å². The fourth-order valence-corrected chi connectivity index (χ4v) is 7.40. The zero-order valence-electron chi connectivity index (χ0n) is 20.0. The molecule has 2 aromatic rings. The van der Waals surface area contributed by atoms with Gasteiger partial charge in [0.05, 0.1) is 0 Å². The van der Waals surface area contributed by atoms with Gasteiger partial charge in [-0.3, -0.25) is 15.1 Å². The lowest BCUT2D eigenvalue weighted by molar-refractivity contribution is -0.136. The van der Waals surface area contributed by atoms with Crippen LogP contribution in [-0.2, 0) is 17.6 Å². The number of aliphatic hydroxyl groups excluding tert-OH is 1. The van der Waals surface area contributed by atoms with Crippen LogP contribution in [0.15, 0.2) is 36.7 Å². The van der Waals surface area contributed by atoms with Crippen molar-refractivity contribution in [2.45, 2.75) is 71.4 Å². The fraction of sp³-hybridized carbons (Fsp3) is 0.571. The minimum atomic E-state index is -0.685. The first-order chi connectivity index (χ1) is 15.7. The van der Waals surface area contributed by atoms with E-state index in [1.165, 1.54) is 11.1 Å². The Morgan fingerprint density at radius 1 is 1.27 bits per heavy atom. The van der Waals surface area contributed by atoms with Crippen LogP contribution in [0.1, 0.15) is 67.7 Å². The average molecular weight is 449 g/mol. The van der Waals surface area contributed by atoms with Crippen molar-refractivity contribution in [3.63, 3.8) is 0 Å². The second-order valence-corrected chi connectivity index (χ2v) is 11.1. The van der Waals surface area contributed by atoms with Gasteiger partial charge in [-0.25, -0.2) is 0 Å². The van der Waals surface area contributed by atoms with E-state index in [1.54, 1.807) is 12.4 Å². The Bertz CT molecular complexity index is 1050. The first kappa shape index (κ1) is 22.5. The summed E-state index contributed by atoms with van der Waals surface area (Å²) in [5.74, 6) is 1.64. The quantitative estimate of drug-likeness (QED) is 0.595. The van der Waals surface area contributed by atoms with Gasteiger partial charge in [0.25, 0.3) is 0 Å². The Balaban J connectivity index is 1.33. The van der Waals surface area contributed by atoms with Crippen LogP contribution >= 0.6 is 0 Å². The molecule has 1 aromatic heterocycles. The molecule has 5 heteroatoms. The average Bonchev–Trinajstić information content (AvgIpc) is 3.00. The van der Waals surface area contributed by atoms with Crippen molar-refractivity contribution in [1.29, 1.82) is 0 Å². The van der Waals surface area contributed by atoms with Crippen molar-refractivity contribution in [3.8, 4) is 5.75 Å². The number of phenols is 1. The second kappa shape index (κ2) is 8.21. The molecule has 0 amide bonds. The number of carbonyl (C=O) groups is 1. The van der Waals surface area contributed by atoms with E-state index in [-0.39, 0.29) is 16.7 Å². The zero-order valence-corrected chi connectivity index (χ0v) is 20.0. The van der Waals surface area contributed by atoms with Gasteiger partial charge < -0.3 is 10.2 Å². The van der Waals surface area contributed by atoms with Gasteiger partial charge in [-0.1, -0.05) is 26.0 Å². The number of aromatic nitrogens is 1. The lowest BCUT2D eigenvalue weighted by Gasteiger charge is -2.55. The summed E-state index contributed by atoms with van der Waals surface area (Å²) >= 11 is 0. The summed E-state index contributed by atoms with van der Waals surface area (Å²) in [5.41, 5.74) is 4.25. The molecule has 6 atom stereocenters. The number of carbonyl (C=O) groups excluding carboxylic acids is 1. The van der Waals surface area contributed by atoms with Crippen LogP contribution in [0.2, 0.25) is 0 Å². The highest BCUT2D eigenvalue weighted by molar-refractivity contribution is 5.90. The van der Waals surface area contributed by atoms with Gasteiger partial charge >= 0.3 is 0 Å². The molecule has 1 heterocycles. The van der Waals surface area contributed by atoms with E-state index in [0.29, 0.717) is 36.3 Å². The number of nitrogens with one attached hydrogen (secondary N) is 1. The minimum absolute atomic E-state index is 0.0445. The van der Waals surface area contributed by atoms with E-state index in [1.807, 2.05) is 25.1 Å². The molecule has 6 unspecified atom stereocenters. The Kier molecular flexibility index (Phi) is 5.61. The van der Waals surface area contributed by atoms with E-state index in [9.17, 15) is 15.0 Å². The highest BCUT2D eigenvalue weighted by atomic mass is 16.3. The molecule has 0 radical (unpaired) electrons. The zero-order chi connectivity index (χ0) is 23.4. The van der Waals surface area contributed by atoms with Gasteiger partial charge in [0.1, 0.15) is 17.8 Å². The molecular formula is C28H36N2O3. The van der Waals surface area contributed by atoms with E-state index in [0.717, 1.165) is 43.2 Å². The molecule has 5 nitrogen and oxygen atoms in total. The Hall–Kier alpha value is -2.24.